The van der Waals surface area contributed by atoms with E-state index in [0.29, 0.717) is 32.7 Å². The van der Waals surface area contributed by atoms with Gasteiger partial charge in [-0.3, -0.25) is 4.90 Å². The normalized spacial score (nSPS) is 19.3. The van der Waals surface area contributed by atoms with Crippen LogP contribution in [0.2, 0.25) is 0 Å². The van der Waals surface area contributed by atoms with Gasteiger partial charge in [0.1, 0.15) is 0 Å². The van der Waals surface area contributed by atoms with E-state index < -0.39 is 5.60 Å². The molecular formula is C23H31N3O3. The van der Waals surface area contributed by atoms with Crippen LogP contribution in [-0.2, 0) is 17.9 Å². The molecule has 0 bridgehead atoms. The Bertz CT molecular complexity index is 782. The molecule has 1 heterocycles. The molecular weight excluding hydrogens is 366 g/mol. The highest BCUT2D eigenvalue weighted by Gasteiger charge is 2.37. The van der Waals surface area contributed by atoms with E-state index in [9.17, 15) is 9.90 Å². The predicted molar refractivity (Wildman–Crippen MR) is 115 cm³/mol. The number of hydrogen-bond donors (Lipinski definition) is 2. The SMILES string of the molecule is CCOCc1ccc(NC(=O)N(C)C[C@@]2(O)CCN(Cc3ccccc3)C2)cc1. The molecule has 2 amide bonds. The molecule has 6 heteroatoms. The summed E-state index contributed by atoms with van der Waals surface area (Å²) >= 11 is 0. The largest absolute Gasteiger partial charge is 0.387 e. The molecule has 1 aliphatic heterocycles. The van der Waals surface area contributed by atoms with Crippen molar-refractivity contribution in [3.05, 3.63) is 65.7 Å². The fraction of sp³-hybridized carbons (Fsp3) is 0.435. The van der Waals surface area contributed by atoms with Crippen LogP contribution >= 0.6 is 0 Å². The summed E-state index contributed by atoms with van der Waals surface area (Å²) in [6.07, 6.45) is 0.656. The summed E-state index contributed by atoms with van der Waals surface area (Å²) in [5.74, 6) is 0. The zero-order chi connectivity index (χ0) is 20.7. The Hall–Kier alpha value is -2.41. The molecule has 0 spiro atoms. The standard InChI is InChI=1S/C23H31N3O3/c1-3-29-16-20-9-11-21(12-10-20)24-22(27)25(2)17-23(28)13-14-26(18-23)15-19-7-5-4-6-8-19/h4-12,28H,3,13-18H2,1-2H3,(H,24,27)/t23-/m0/s1. The molecule has 1 saturated heterocycles. The van der Waals surface area contributed by atoms with E-state index in [1.54, 1.807) is 11.9 Å². The third-order valence-electron chi connectivity index (χ3n) is 5.22. The number of benzene rings is 2. The maximum Gasteiger partial charge on any atom is 0.321 e. The maximum absolute atomic E-state index is 12.5. The minimum Gasteiger partial charge on any atom is -0.387 e. The van der Waals surface area contributed by atoms with Crippen molar-refractivity contribution < 1.29 is 14.6 Å². The highest BCUT2D eigenvalue weighted by molar-refractivity contribution is 5.89. The molecule has 1 atom stereocenters. The topological polar surface area (TPSA) is 65.0 Å². The van der Waals surface area contributed by atoms with Gasteiger partial charge in [0.05, 0.1) is 18.8 Å². The number of urea groups is 1. The minimum atomic E-state index is -0.887. The molecule has 0 aromatic heterocycles. The lowest BCUT2D eigenvalue weighted by Crippen LogP contribution is -2.46. The first kappa shape index (κ1) is 21.3. The van der Waals surface area contributed by atoms with Crippen LogP contribution in [0.4, 0.5) is 10.5 Å². The van der Waals surface area contributed by atoms with Gasteiger partial charge in [-0.05, 0) is 36.6 Å². The predicted octanol–water partition coefficient (Wildman–Crippen LogP) is 3.32. The molecule has 3 rings (SSSR count). The lowest BCUT2D eigenvalue weighted by atomic mass is 10.0. The first-order valence-corrected chi connectivity index (χ1v) is 10.1. The number of nitrogens with one attached hydrogen (secondary N) is 1. The Morgan fingerprint density at radius 2 is 1.90 bits per heavy atom. The Labute approximate surface area is 173 Å². The van der Waals surface area contributed by atoms with Crippen molar-refractivity contribution in [2.75, 3.05) is 38.6 Å². The zero-order valence-corrected chi connectivity index (χ0v) is 17.3. The monoisotopic (exact) mass is 397 g/mol. The van der Waals surface area contributed by atoms with Gasteiger partial charge in [-0.1, -0.05) is 42.5 Å². The van der Waals surface area contributed by atoms with Crippen molar-refractivity contribution in [2.45, 2.75) is 32.1 Å². The third kappa shape index (κ3) is 6.29. The number of likely N-dealkylation sites (tertiary alicyclic amines) is 1. The van der Waals surface area contributed by atoms with Crippen molar-refractivity contribution in [3.8, 4) is 0 Å². The molecule has 29 heavy (non-hydrogen) atoms. The average molecular weight is 398 g/mol. The highest BCUT2D eigenvalue weighted by Crippen LogP contribution is 2.24. The number of anilines is 1. The molecule has 0 unspecified atom stereocenters. The van der Waals surface area contributed by atoms with Gasteiger partial charge in [0, 0.05) is 39.0 Å². The second-order valence-electron chi connectivity index (χ2n) is 7.79. The minimum absolute atomic E-state index is 0.225. The molecule has 0 radical (unpaired) electrons. The van der Waals surface area contributed by atoms with Crippen molar-refractivity contribution in [1.82, 2.24) is 9.80 Å². The summed E-state index contributed by atoms with van der Waals surface area (Å²) in [7, 11) is 1.72. The van der Waals surface area contributed by atoms with E-state index in [-0.39, 0.29) is 6.03 Å². The van der Waals surface area contributed by atoms with E-state index in [1.165, 1.54) is 5.56 Å². The number of carbonyl (C=O) groups is 1. The molecule has 1 fully saturated rings. The lowest BCUT2D eigenvalue weighted by Gasteiger charge is -2.29. The summed E-state index contributed by atoms with van der Waals surface area (Å²) in [5, 5.41) is 13.9. The fourth-order valence-electron chi connectivity index (χ4n) is 3.68. The summed E-state index contributed by atoms with van der Waals surface area (Å²) < 4.78 is 5.38. The number of carbonyl (C=O) groups excluding carboxylic acids is 1. The molecule has 2 aromatic rings. The van der Waals surface area contributed by atoms with Crippen LogP contribution in [0.25, 0.3) is 0 Å². The smallest absolute Gasteiger partial charge is 0.321 e. The number of hydrogen-bond acceptors (Lipinski definition) is 4. The van der Waals surface area contributed by atoms with Gasteiger partial charge < -0.3 is 20.1 Å². The molecule has 156 valence electrons. The number of aliphatic hydroxyl groups is 1. The van der Waals surface area contributed by atoms with Crippen LogP contribution in [-0.4, -0.2) is 59.8 Å². The van der Waals surface area contributed by atoms with Gasteiger partial charge in [-0.15, -0.1) is 0 Å². The van der Waals surface area contributed by atoms with Crippen molar-refractivity contribution in [2.24, 2.45) is 0 Å². The number of likely N-dealkylation sites (N-methyl/N-ethyl adjacent to an activating group) is 1. The fourth-order valence-corrected chi connectivity index (χ4v) is 3.68. The Morgan fingerprint density at radius 3 is 2.59 bits per heavy atom. The van der Waals surface area contributed by atoms with Gasteiger partial charge in [0.2, 0.25) is 0 Å². The van der Waals surface area contributed by atoms with Gasteiger partial charge >= 0.3 is 6.03 Å². The number of amides is 2. The molecule has 2 aromatic carbocycles. The Balaban J connectivity index is 1.48. The molecule has 2 N–H and O–H groups in total. The number of nitrogens with zero attached hydrogens (tertiary/aromatic N) is 2. The number of ether oxygens (including phenoxy) is 1. The Morgan fingerprint density at radius 1 is 1.17 bits per heavy atom. The first-order chi connectivity index (χ1) is 14.0. The van der Waals surface area contributed by atoms with Crippen molar-refractivity contribution in [3.63, 3.8) is 0 Å². The third-order valence-corrected chi connectivity index (χ3v) is 5.22. The second-order valence-corrected chi connectivity index (χ2v) is 7.79. The number of β-amino-alcohol motifs (C(OH)–C–C–N with tert-alkyl or cyclic N) is 1. The van der Waals surface area contributed by atoms with Gasteiger partial charge in [0.15, 0.2) is 0 Å². The van der Waals surface area contributed by atoms with E-state index in [2.05, 4.69) is 22.3 Å². The molecule has 1 aliphatic rings. The van der Waals surface area contributed by atoms with E-state index in [1.807, 2.05) is 49.4 Å². The maximum atomic E-state index is 12.5. The molecule has 6 nitrogen and oxygen atoms in total. The number of rotatable bonds is 8. The van der Waals surface area contributed by atoms with Crippen LogP contribution in [0.3, 0.4) is 0 Å². The van der Waals surface area contributed by atoms with E-state index >= 15 is 0 Å². The summed E-state index contributed by atoms with van der Waals surface area (Å²) in [5.41, 5.74) is 2.14. The van der Waals surface area contributed by atoms with E-state index in [0.717, 1.165) is 24.3 Å². The van der Waals surface area contributed by atoms with Gasteiger partial charge in [-0.2, -0.15) is 0 Å². The molecule has 0 saturated carbocycles. The average Bonchev–Trinajstić information content (AvgIpc) is 3.08. The molecule has 0 aliphatic carbocycles. The zero-order valence-electron chi connectivity index (χ0n) is 17.3. The Kier molecular flexibility index (Phi) is 7.25. The summed E-state index contributed by atoms with van der Waals surface area (Å²) in [4.78, 5) is 16.3. The summed E-state index contributed by atoms with van der Waals surface area (Å²) in [6.45, 7) is 5.70. The second kappa shape index (κ2) is 9.87. The van der Waals surface area contributed by atoms with Crippen LogP contribution in [0.15, 0.2) is 54.6 Å². The van der Waals surface area contributed by atoms with Crippen LogP contribution in [0.1, 0.15) is 24.5 Å². The van der Waals surface area contributed by atoms with Gasteiger partial charge in [0.25, 0.3) is 0 Å². The van der Waals surface area contributed by atoms with Crippen LogP contribution in [0, 0.1) is 0 Å². The van der Waals surface area contributed by atoms with Gasteiger partial charge in [-0.25, -0.2) is 4.79 Å². The lowest BCUT2D eigenvalue weighted by molar-refractivity contribution is 0.0275. The first-order valence-electron chi connectivity index (χ1n) is 10.1. The van der Waals surface area contributed by atoms with Crippen molar-refractivity contribution in [1.29, 1.82) is 0 Å². The van der Waals surface area contributed by atoms with Crippen LogP contribution < -0.4 is 5.32 Å². The van der Waals surface area contributed by atoms with Crippen molar-refractivity contribution >= 4 is 11.7 Å². The quantitative estimate of drug-likeness (QED) is 0.717. The summed E-state index contributed by atoms with van der Waals surface area (Å²) in [6, 6.07) is 17.6. The highest BCUT2D eigenvalue weighted by atomic mass is 16.5. The van der Waals surface area contributed by atoms with E-state index in [4.69, 9.17) is 4.74 Å². The van der Waals surface area contributed by atoms with Crippen LogP contribution in [0.5, 0.6) is 0 Å².